The van der Waals surface area contributed by atoms with Crippen LogP contribution < -0.4 is 5.32 Å². The monoisotopic (exact) mass is 549 g/mol. The first-order valence-corrected chi connectivity index (χ1v) is 12.2. The predicted molar refractivity (Wildman–Crippen MR) is 144 cm³/mol. The summed E-state index contributed by atoms with van der Waals surface area (Å²) in [5.41, 5.74) is 4.16. The number of hydrogen-bond acceptors (Lipinski definition) is 2. The molecule has 2 N–H and O–H groups in total. The van der Waals surface area contributed by atoms with E-state index < -0.39 is 11.7 Å². The van der Waals surface area contributed by atoms with Gasteiger partial charge in [0.15, 0.2) is 0 Å². The zero-order valence-corrected chi connectivity index (χ0v) is 21.2. The van der Waals surface area contributed by atoms with Crippen molar-refractivity contribution >= 4 is 23.2 Å². The molecule has 0 bridgehead atoms. The molecule has 0 aliphatic heterocycles. The lowest BCUT2D eigenvalue weighted by atomic mass is 9.98. The first-order valence-electron chi connectivity index (χ1n) is 11.8. The number of halogens is 5. The highest BCUT2D eigenvalue weighted by Gasteiger charge is 2.30. The second-order valence-corrected chi connectivity index (χ2v) is 9.31. The fourth-order valence-electron chi connectivity index (χ4n) is 4.17. The Morgan fingerprint density at radius 2 is 1.54 bits per heavy atom. The normalized spacial score (nSPS) is 11.4. The SMILES string of the molecule is Cc1cc(-c2ccc(C(F)(F)F)cc2)ccc1C(=O)Nc1ccc(Cl)c(-c2ncc(-c3ccc(F)cc3)[nH]2)c1. The summed E-state index contributed by atoms with van der Waals surface area (Å²) in [6.45, 7) is 1.76. The van der Waals surface area contributed by atoms with Crippen LogP contribution in [0.1, 0.15) is 21.5 Å². The van der Waals surface area contributed by atoms with Crippen LogP contribution in [0.5, 0.6) is 0 Å². The Morgan fingerprint density at radius 1 is 0.872 bits per heavy atom. The predicted octanol–water partition coefficient (Wildman–Crippen LogP) is 8.78. The van der Waals surface area contributed by atoms with Gasteiger partial charge in [-0.1, -0.05) is 35.9 Å². The van der Waals surface area contributed by atoms with Crippen LogP contribution in [0.3, 0.4) is 0 Å². The Labute approximate surface area is 226 Å². The lowest BCUT2D eigenvalue weighted by molar-refractivity contribution is -0.137. The highest BCUT2D eigenvalue weighted by Crippen LogP contribution is 2.33. The number of imidazole rings is 1. The first-order chi connectivity index (χ1) is 18.6. The van der Waals surface area contributed by atoms with Gasteiger partial charge >= 0.3 is 6.18 Å². The molecule has 1 aromatic heterocycles. The molecule has 1 heterocycles. The molecule has 0 fully saturated rings. The van der Waals surface area contributed by atoms with Gasteiger partial charge in [0.2, 0.25) is 0 Å². The molecule has 4 nitrogen and oxygen atoms in total. The molecule has 5 rings (SSSR count). The van der Waals surface area contributed by atoms with E-state index in [4.69, 9.17) is 11.6 Å². The summed E-state index contributed by atoms with van der Waals surface area (Å²) in [4.78, 5) is 20.6. The van der Waals surface area contributed by atoms with E-state index in [1.807, 2.05) is 0 Å². The largest absolute Gasteiger partial charge is 0.416 e. The number of alkyl halides is 3. The summed E-state index contributed by atoms with van der Waals surface area (Å²) >= 11 is 6.41. The van der Waals surface area contributed by atoms with Gasteiger partial charge in [-0.2, -0.15) is 13.2 Å². The summed E-state index contributed by atoms with van der Waals surface area (Å²) in [5, 5.41) is 3.28. The van der Waals surface area contributed by atoms with Gasteiger partial charge < -0.3 is 10.3 Å². The van der Waals surface area contributed by atoms with Crippen LogP contribution in [-0.4, -0.2) is 15.9 Å². The number of hydrogen-bond donors (Lipinski definition) is 2. The quantitative estimate of drug-likeness (QED) is 0.215. The Hall–Kier alpha value is -4.43. The third-order valence-electron chi connectivity index (χ3n) is 6.23. The lowest BCUT2D eigenvalue weighted by Crippen LogP contribution is -2.13. The lowest BCUT2D eigenvalue weighted by Gasteiger charge is -2.12. The van der Waals surface area contributed by atoms with E-state index in [2.05, 4.69) is 15.3 Å². The van der Waals surface area contributed by atoms with E-state index in [0.29, 0.717) is 50.0 Å². The van der Waals surface area contributed by atoms with Crippen LogP contribution >= 0.6 is 11.6 Å². The van der Waals surface area contributed by atoms with Crippen LogP contribution in [0, 0.1) is 12.7 Å². The molecule has 0 radical (unpaired) electrons. The van der Waals surface area contributed by atoms with E-state index in [0.717, 1.165) is 17.7 Å². The molecule has 0 saturated carbocycles. The van der Waals surface area contributed by atoms with Crippen LogP contribution in [0.15, 0.2) is 91.1 Å². The number of nitrogens with one attached hydrogen (secondary N) is 2. The topological polar surface area (TPSA) is 57.8 Å². The minimum absolute atomic E-state index is 0.338. The first kappa shape index (κ1) is 26.2. The third kappa shape index (κ3) is 5.71. The van der Waals surface area contributed by atoms with Crippen molar-refractivity contribution in [1.82, 2.24) is 9.97 Å². The van der Waals surface area contributed by atoms with Crippen molar-refractivity contribution in [3.05, 3.63) is 119 Å². The number of carbonyl (C=O) groups is 1. The van der Waals surface area contributed by atoms with Gasteiger partial charge in [-0.25, -0.2) is 9.37 Å². The highest BCUT2D eigenvalue weighted by molar-refractivity contribution is 6.33. The molecular weight excluding hydrogens is 530 g/mol. The molecule has 0 unspecified atom stereocenters. The standard InChI is InChI=1S/C30H20ClF4N3O/c1-17-14-20(18-2-7-21(8-3-18)30(33,34)35)6-12-24(17)29(39)37-23-11-13-26(31)25(15-23)28-36-16-27(38-28)19-4-9-22(32)10-5-19/h2-16H,1H3,(H,36,38)(H,37,39). The molecular formula is C30H20ClF4N3O. The van der Waals surface area contributed by atoms with Crippen molar-refractivity contribution < 1.29 is 22.4 Å². The molecule has 0 spiro atoms. The van der Waals surface area contributed by atoms with Gasteiger partial charge in [0.1, 0.15) is 11.6 Å². The number of aryl methyl sites for hydroxylation is 1. The van der Waals surface area contributed by atoms with Gasteiger partial charge in [-0.3, -0.25) is 4.79 Å². The van der Waals surface area contributed by atoms with E-state index in [1.165, 1.54) is 24.3 Å². The van der Waals surface area contributed by atoms with Crippen molar-refractivity contribution in [2.24, 2.45) is 0 Å². The van der Waals surface area contributed by atoms with Crippen LogP contribution in [-0.2, 0) is 6.18 Å². The molecule has 0 aliphatic carbocycles. The molecule has 9 heteroatoms. The van der Waals surface area contributed by atoms with E-state index in [-0.39, 0.29) is 11.7 Å². The highest BCUT2D eigenvalue weighted by atomic mass is 35.5. The fourth-order valence-corrected chi connectivity index (χ4v) is 4.37. The number of amides is 1. The second kappa shape index (κ2) is 10.4. The number of anilines is 1. The van der Waals surface area contributed by atoms with Crippen LogP contribution in [0.4, 0.5) is 23.2 Å². The van der Waals surface area contributed by atoms with E-state index >= 15 is 0 Å². The van der Waals surface area contributed by atoms with E-state index in [1.54, 1.807) is 61.7 Å². The summed E-state index contributed by atoms with van der Waals surface area (Å²) in [7, 11) is 0. The number of benzene rings is 4. The average molecular weight is 550 g/mol. The minimum atomic E-state index is -4.40. The van der Waals surface area contributed by atoms with Gasteiger partial charge in [-0.15, -0.1) is 0 Å². The van der Waals surface area contributed by atoms with Gasteiger partial charge in [-0.05, 0) is 89.8 Å². The molecule has 4 aromatic carbocycles. The van der Waals surface area contributed by atoms with Gasteiger partial charge in [0, 0.05) is 16.8 Å². The van der Waals surface area contributed by atoms with Crippen molar-refractivity contribution in [2.45, 2.75) is 13.1 Å². The van der Waals surface area contributed by atoms with Crippen molar-refractivity contribution in [3.63, 3.8) is 0 Å². The molecule has 1 amide bonds. The summed E-state index contributed by atoms with van der Waals surface area (Å²) < 4.78 is 51.9. The maximum atomic E-state index is 13.3. The van der Waals surface area contributed by atoms with Crippen molar-refractivity contribution in [3.8, 4) is 33.8 Å². The number of rotatable bonds is 5. The summed E-state index contributed by atoms with van der Waals surface area (Å²) in [6.07, 6.45) is -2.79. The number of H-pyrrole nitrogens is 1. The van der Waals surface area contributed by atoms with Crippen LogP contribution in [0.2, 0.25) is 5.02 Å². The maximum Gasteiger partial charge on any atom is 0.416 e. The molecule has 0 atom stereocenters. The molecule has 196 valence electrons. The van der Waals surface area contributed by atoms with E-state index in [9.17, 15) is 22.4 Å². The number of nitrogens with zero attached hydrogens (tertiary/aromatic N) is 1. The van der Waals surface area contributed by atoms with Crippen molar-refractivity contribution in [2.75, 3.05) is 5.32 Å². The van der Waals surface area contributed by atoms with Crippen LogP contribution in [0.25, 0.3) is 33.8 Å². The Kier molecular flexibility index (Phi) is 6.97. The Bertz CT molecular complexity index is 1660. The van der Waals surface area contributed by atoms with Gasteiger partial charge in [0.05, 0.1) is 22.5 Å². The zero-order valence-electron chi connectivity index (χ0n) is 20.4. The smallest absolute Gasteiger partial charge is 0.338 e. The Balaban J connectivity index is 1.34. The molecule has 5 aromatic rings. The van der Waals surface area contributed by atoms with Gasteiger partial charge in [0.25, 0.3) is 5.91 Å². The van der Waals surface area contributed by atoms with Crippen molar-refractivity contribution in [1.29, 1.82) is 0 Å². The zero-order chi connectivity index (χ0) is 27.7. The molecule has 0 saturated heterocycles. The summed E-state index contributed by atoms with van der Waals surface area (Å²) in [5.74, 6) is -0.215. The maximum absolute atomic E-state index is 13.3. The Morgan fingerprint density at radius 3 is 2.21 bits per heavy atom. The summed E-state index contributed by atoms with van der Waals surface area (Å²) in [6, 6.07) is 21.0. The fraction of sp³-hybridized carbons (Fsp3) is 0.0667. The number of aromatic amines is 1. The second-order valence-electron chi connectivity index (χ2n) is 8.91. The third-order valence-corrected chi connectivity index (χ3v) is 6.56. The minimum Gasteiger partial charge on any atom is -0.338 e. The number of aromatic nitrogens is 2. The average Bonchev–Trinajstić information content (AvgIpc) is 3.40. The number of carbonyl (C=O) groups excluding carboxylic acids is 1. The molecule has 0 aliphatic rings. The molecule has 39 heavy (non-hydrogen) atoms.